The molecule has 0 saturated carbocycles. The number of hydrogen-bond acceptors (Lipinski definition) is 10. The minimum absolute atomic E-state index is 0.0377. The van der Waals surface area contributed by atoms with Gasteiger partial charge in [-0.1, -0.05) is 206 Å². The Kier molecular flexibility index (Phi) is 39.6. The zero-order chi connectivity index (χ0) is 45.3. The third-order valence-electron chi connectivity index (χ3n) is 12.4. The third kappa shape index (κ3) is 32.1. The van der Waals surface area contributed by atoms with Gasteiger partial charge in [-0.05, 0) is 32.1 Å². The summed E-state index contributed by atoms with van der Waals surface area (Å²) >= 11 is 0. The first-order chi connectivity index (χ1) is 30.2. The van der Waals surface area contributed by atoms with Crippen molar-refractivity contribution in [2.75, 3.05) is 19.8 Å². The van der Waals surface area contributed by atoms with E-state index in [2.05, 4.69) is 19.2 Å². The van der Waals surface area contributed by atoms with Crippen LogP contribution in [-0.2, 0) is 23.8 Å². The third-order valence-corrected chi connectivity index (χ3v) is 12.4. The molecular weight excluding hydrogens is 787 g/mol. The lowest BCUT2D eigenvalue weighted by Gasteiger charge is -2.40. The highest BCUT2D eigenvalue weighted by molar-refractivity contribution is 5.76. The van der Waals surface area contributed by atoms with Crippen LogP contribution in [0.15, 0.2) is 12.2 Å². The number of unbranched alkanes of at least 4 members (excludes halogenated alkanes) is 30. The van der Waals surface area contributed by atoms with E-state index in [-0.39, 0.29) is 18.5 Å². The zero-order valence-corrected chi connectivity index (χ0v) is 39.8. The van der Waals surface area contributed by atoms with Crippen molar-refractivity contribution in [2.45, 2.75) is 281 Å². The second-order valence-corrected chi connectivity index (χ2v) is 18.2. The van der Waals surface area contributed by atoms with Crippen molar-refractivity contribution in [2.24, 2.45) is 0 Å². The van der Waals surface area contributed by atoms with Gasteiger partial charge in [-0.25, -0.2) is 0 Å². The van der Waals surface area contributed by atoms with Gasteiger partial charge in [-0.15, -0.1) is 0 Å². The van der Waals surface area contributed by atoms with Crippen molar-refractivity contribution in [3.63, 3.8) is 0 Å². The number of esters is 1. The lowest BCUT2D eigenvalue weighted by molar-refractivity contribution is -0.302. The summed E-state index contributed by atoms with van der Waals surface area (Å²) < 4.78 is 16.6. The van der Waals surface area contributed by atoms with Crippen LogP contribution in [0.1, 0.15) is 239 Å². The summed E-state index contributed by atoms with van der Waals surface area (Å²) in [6.45, 7) is 4.25. The van der Waals surface area contributed by atoms with E-state index in [1.807, 2.05) is 6.08 Å². The molecule has 62 heavy (non-hydrogen) atoms. The van der Waals surface area contributed by atoms with E-state index in [0.717, 1.165) is 70.6 Å². The summed E-state index contributed by atoms with van der Waals surface area (Å²) in [5.41, 5.74) is 0. The zero-order valence-electron chi connectivity index (χ0n) is 39.8. The normalized spacial score (nSPS) is 20.1. The van der Waals surface area contributed by atoms with Crippen LogP contribution in [0.2, 0.25) is 0 Å². The first-order valence-corrected chi connectivity index (χ1v) is 26.0. The SMILES string of the molecule is CCCCCCCCC/C=C/C(O)C(COC1OC(CO)C(O)C(O)C1O)NC(=O)CCCCCCCCCCCCCOC(=O)CCCCCCCCCCCCCCCC. The van der Waals surface area contributed by atoms with Gasteiger partial charge in [0.05, 0.1) is 32.0 Å². The fraction of sp³-hybridized carbons (Fsp3) is 0.922. The number of carbonyl (C=O) groups excluding carboxylic acids is 2. The fourth-order valence-electron chi connectivity index (χ4n) is 8.20. The van der Waals surface area contributed by atoms with E-state index in [0.29, 0.717) is 19.4 Å². The molecule has 1 saturated heterocycles. The Morgan fingerprint density at radius 1 is 0.581 bits per heavy atom. The molecule has 7 unspecified atom stereocenters. The van der Waals surface area contributed by atoms with Gasteiger partial charge in [0.1, 0.15) is 24.4 Å². The quantitative estimate of drug-likeness (QED) is 0.0196. The van der Waals surface area contributed by atoms with E-state index < -0.39 is 49.5 Å². The molecule has 0 bridgehead atoms. The van der Waals surface area contributed by atoms with Gasteiger partial charge >= 0.3 is 5.97 Å². The highest BCUT2D eigenvalue weighted by Gasteiger charge is 2.44. The van der Waals surface area contributed by atoms with Crippen molar-refractivity contribution in [3.05, 3.63) is 12.2 Å². The second kappa shape index (κ2) is 42.1. The van der Waals surface area contributed by atoms with Gasteiger partial charge in [0.15, 0.2) is 6.29 Å². The summed E-state index contributed by atoms with van der Waals surface area (Å²) in [7, 11) is 0. The lowest BCUT2D eigenvalue weighted by atomic mass is 9.99. The number of nitrogens with one attached hydrogen (secondary N) is 1. The molecule has 0 radical (unpaired) electrons. The Morgan fingerprint density at radius 2 is 1.02 bits per heavy atom. The molecule has 1 aliphatic rings. The van der Waals surface area contributed by atoms with Crippen LogP contribution in [0.3, 0.4) is 0 Å². The molecule has 0 spiro atoms. The van der Waals surface area contributed by atoms with Crippen LogP contribution in [0.25, 0.3) is 0 Å². The summed E-state index contributed by atoms with van der Waals surface area (Å²) in [5.74, 6) is -0.240. The van der Waals surface area contributed by atoms with Crippen molar-refractivity contribution < 1.29 is 49.3 Å². The maximum absolute atomic E-state index is 12.9. The molecule has 0 aliphatic carbocycles. The minimum atomic E-state index is -1.58. The molecular formula is C51H97NO10. The number of rotatable bonds is 44. The standard InChI is InChI=1S/C51H97NO10/c1-3-5-7-9-11-13-14-15-16-19-23-27-31-35-39-47(56)60-40-36-32-28-24-20-17-18-22-26-30-34-38-46(55)52-43(44(54)37-33-29-25-21-12-10-8-6-4-2)42-61-51-50(59)49(58)48(57)45(41-53)62-51/h33,37,43-45,48-51,53-54,57-59H,3-32,34-36,38-42H2,1-2H3,(H,52,55)/b37-33+. The summed E-state index contributed by atoms with van der Waals surface area (Å²) in [6.07, 6.45) is 35.8. The van der Waals surface area contributed by atoms with Crippen LogP contribution in [0, 0.1) is 0 Å². The number of aliphatic hydroxyl groups is 5. The molecule has 1 aliphatic heterocycles. The largest absolute Gasteiger partial charge is 0.466 e. The molecule has 1 rings (SSSR count). The van der Waals surface area contributed by atoms with E-state index in [4.69, 9.17) is 14.2 Å². The maximum atomic E-state index is 12.9. The Hall–Kier alpha value is -1.60. The van der Waals surface area contributed by atoms with Crippen molar-refractivity contribution in [1.29, 1.82) is 0 Å². The Balaban J connectivity index is 2.13. The Bertz CT molecular complexity index is 1040. The highest BCUT2D eigenvalue weighted by atomic mass is 16.7. The van der Waals surface area contributed by atoms with Crippen LogP contribution < -0.4 is 5.32 Å². The molecule has 0 aromatic carbocycles. The van der Waals surface area contributed by atoms with Gasteiger partial charge in [-0.2, -0.15) is 0 Å². The molecule has 366 valence electrons. The summed E-state index contributed by atoms with van der Waals surface area (Å²) in [5, 5.41) is 54.1. The molecule has 1 amide bonds. The predicted molar refractivity (Wildman–Crippen MR) is 251 cm³/mol. The molecule has 1 fully saturated rings. The maximum Gasteiger partial charge on any atom is 0.305 e. The fourth-order valence-corrected chi connectivity index (χ4v) is 8.20. The monoisotopic (exact) mass is 884 g/mol. The first kappa shape index (κ1) is 58.4. The molecule has 6 N–H and O–H groups in total. The van der Waals surface area contributed by atoms with Gasteiger partial charge in [-0.3, -0.25) is 9.59 Å². The van der Waals surface area contributed by atoms with E-state index in [1.165, 1.54) is 141 Å². The number of carbonyl (C=O) groups is 2. The molecule has 1 heterocycles. The van der Waals surface area contributed by atoms with Crippen LogP contribution in [-0.4, -0.2) is 100 Å². The highest BCUT2D eigenvalue weighted by Crippen LogP contribution is 2.23. The van der Waals surface area contributed by atoms with Crippen molar-refractivity contribution in [3.8, 4) is 0 Å². The van der Waals surface area contributed by atoms with E-state index in [1.54, 1.807) is 6.08 Å². The van der Waals surface area contributed by atoms with Crippen LogP contribution in [0.5, 0.6) is 0 Å². The van der Waals surface area contributed by atoms with Gasteiger partial charge < -0.3 is 45.1 Å². The molecule has 0 aromatic heterocycles. The summed E-state index contributed by atoms with van der Waals surface area (Å²) in [4.78, 5) is 25.0. The smallest absolute Gasteiger partial charge is 0.305 e. The molecule has 11 nitrogen and oxygen atoms in total. The first-order valence-electron chi connectivity index (χ1n) is 26.0. The second-order valence-electron chi connectivity index (χ2n) is 18.2. The van der Waals surface area contributed by atoms with E-state index in [9.17, 15) is 35.1 Å². The number of hydrogen-bond donors (Lipinski definition) is 6. The summed E-state index contributed by atoms with van der Waals surface area (Å²) in [6, 6.07) is -0.821. The van der Waals surface area contributed by atoms with Gasteiger partial charge in [0, 0.05) is 12.8 Å². The number of aliphatic hydroxyl groups excluding tert-OH is 5. The van der Waals surface area contributed by atoms with Crippen LogP contribution in [0.4, 0.5) is 0 Å². The number of allylic oxidation sites excluding steroid dienone is 1. The van der Waals surface area contributed by atoms with E-state index >= 15 is 0 Å². The molecule has 0 aromatic rings. The molecule has 7 atom stereocenters. The lowest BCUT2D eigenvalue weighted by Crippen LogP contribution is -2.60. The number of amides is 1. The average molecular weight is 884 g/mol. The topological polar surface area (TPSA) is 175 Å². The van der Waals surface area contributed by atoms with Crippen LogP contribution >= 0.6 is 0 Å². The number of ether oxygens (including phenoxy) is 3. The predicted octanol–water partition coefficient (Wildman–Crippen LogP) is 10.4. The van der Waals surface area contributed by atoms with Crippen molar-refractivity contribution >= 4 is 11.9 Å². The molecule has 11 heteroatoms. The Labute approximate surface area is 378 Å². The average Bonchev–Trinajstić information content (AvgIpc) is 3.27. The van der Waals surface area contributed by atoms with Crippen molar-refractivity contribution in [1.82, 2.24) is 5.32 Å². The minimum Gasteiger partial charge on any atom is -0.466 e. The van der Waals surface area contributed by atoms with Gasteiger partial charge in [0.2, 0.25) is 5.91 Å². The Morgan fingerprint density at radius 3 is 1.50 bits per heavy atom. The van der Waals surface area contributed by atoms with Gasteiger partial charge in [0.25, 0.3) is 0 Å².